The van der Waals surface area contributed by atoms with E-state index in [1.807, 2.05) is 12.1 Å². The Hall–Kier alpha value is -2.81. The Morgan fingerprint density at radius 3 is 2.76 bits per heavy atom. The zero-order valence-corrected chi connectivity index (χ0v) is 14.3. The number of hydrogen-bond donors (Lipinski definition) is 1. The molecule has 4 aromatic rings. The van der Waals surface area contributed by atoms with Crippen LogP contribution in [0.4, 0.5) is 5.13 Å². The number of thiazole rings is 1. The molecule has 126 valence electrons. The van der Waals surface area contributed by atoms with Crippen molar-refractivity contribution in [1.82, 2.24) is 29.1 Å². The number of aromatic nitrogens is 6. The summed E-state index contributed by atoms with van der Waals surface area (Å²) in [5, 5.41) is 4.33. The minimum Gasteiger partial charge on any atom is -0.359 e. The van der Waals surface area contributed by atoms with Crippen molar-refractivity contribution in [2.75, 3.05) is 5.32 Å². The molecule has 0 aliphatic heterocycles. The van der Waals surface area contributed by atoms with Gasteiger partial charge in [0.25, 0.3) is 0 Å². The minimum atomic E-state index is -0.0613. The van der Waals surface area contributed by atoms with Gasteiger partial charge in [-0.15, -0.1) is 0 Å². The molecule has 0 unspecified atom stereocenters. The van der Waals surface area contributed by atoms with Gasteiger partial charge in [-0.1, -0.05) is 11.3 Å². The fourth-order valence-electron chi connectivity index (χ4n) is 3.32. The van der Waals surface area contributed by atoms with Crippen LogP contribution >= 0.6 is 11.3 Å². The third-order valence-corrected chi connectivity index (χ3v) is 5.58. The smallest absolute Gasteiger partial charge is 0.331 e. The Morgan fingerprint density at radius 1 is 1.16 bits per heavy atom. The van der Waals surface area contributed by atoms with Gasteiger partial charge in [0.15, 0.2) is 16.4 Å². The van der Waals surface area contributed by atoms with Crippen molar-refractivity contribution < 1.29 is 0 Å². The van der Waals surface area contributed by atoms with Crippen molar-refractivity contribution in [2.24, 2.45) is 7.05 Å². The molecule has 1 aliphatic carbocycles. The number of aryl methyl sites for hydroxylation is 1. The molecule has 0 spiro atoms. The van der Waals surface area contributed by atoms with Crippen LogP contribution in [0.5, 0.6) is 0 Å². The lowest BCUT2D eigenvalue weighted by Crippen LogP contribution is -2.40. The summed E-state index contributed by atoms with van der Waals surface area (Å²) >= 11 is 1.55. The van der Waals surface area contributed by atoms with Crippen molar-refractivity contribution in [3.8, 4) is 0 Å². The summed E-state index contributed by atoms with van der Waals surface area (Å²) in [5.41, 5.74) is 2.13. The van der Waals surface area contributed by atoms with E-state index in [4.69, 9.17) is 0 Å². The molecule has 0 atom stereocenters. The van der Waals surface area contributed by atoms with Crippen LogP contribution in [0.2, 0.25) is 0 Å². The summed E-state index contributed by atoms with van der Waals surface area (Å²) in [6.07, 6.45) is 6.73. The molecule has 4 aromatic heterocycles. The van der Waals surface area contributed by atoms with Gasteiger partial charge < -0.3 is 5.32 Å². The van der Waals surface area contributed by atoms with Gasteiger partial charge in [0.1, 0.15) is 10.3 Å². The monoisotopic (exact) mass is 353 g/mol. The molecule has 0 amide bonds. The van der Waals surface area contributed by atoms with Gasteiger partial charge in [0.2, 0.25) is 0 Å². The zero-order chi connectivity index (χ0) is 17.0. The van der Waals surface area contributed by atoms with Gasteiger partial charge in [0, 0.05) is 37.7 Å². The number of pyridine rings is 1. The second-order valence-electron chi connectivity index (χ2n) is 6.23. The zero-order valence-electron chi connectivity index (χ0n) is 13.5. The van der Waals surface area contributed by atoms with E-state index >= 15 is 0 Å². The summed E-state index contributed by atoms with van der Waals surface area (Å²) < 4.78 is 3.32. The molecule has 8 nitrogen and oxygen atoms in total. The molecule has 1 aliphatic rings. The number of nitrogens with one attached hydrogen (secondary N) is 1. The van der Waals surface area contributed by atoms with E-state index in [1.54, 1.807) is 46.1 Å². The van der Waals surface area contributed by atoms with E-state index in [-0.39, 0.29) is 11.7 Å². The van der Waals surface area contributed by atoms with Gasteiger partial charge in [-0.05, 0) is 25.0 Å². The van der Waals surface area contributed by atoms with Crippen LogP contribution in [0, 0.1) is 0 Å². The number of hydrogen-bond acceptors (Lipinski definition) is 7. The SMILES string of the molecule is Cn1c(=O)n(C2CC(Nc3nc4cccnc4s3)C2)c2nccnc21. The number of nitrogens with zero attached hydrogens (tertiary/aromatic N) is 6. The van der Waals surface area contributed by atoms with Crippen LogP contribution in [0.3, 0.4) is 0 Å². The van der Waals surface area contributed by atoms with Crippen molar-refractivity contribution in [3.05, 3.63) is 41.2 Å². The first-order chi connectivity index (χ1) is 12.2. The van der Waals surface area contributed by atoms with Gasteiger partial charge in [-0.2, -0.15) is 0 Å². The molecule has 4 heterocycles. The molecule has 1 saturated carbocycles. The fourth-order valence-corrected chi connectivity index (χ4v) is 4.21. The number of anilines is 1. The van der Waals surface area contributed by atoms with E-state index in [9.17, 15) is 4.79 Å². The lowest BCUT2D eigenvalue weighted by Gasteiger charge is -2.36. The van der Waals surface area contributed by atoms with Gasteiger partial charge in [-0.25, -0.2) is 24.7 Å². The van der Waals surface area contributed by atoms with Crippen molar-refractivity contribution in [2.45, 2.75) is 24.9 Å². The number of imidazole rings is 1. The molecule has 9 heteroatoms. The molecule has 25 heavy (non-hydrogen) atoms. The predicted molar refractivity (Wildman–Crippen MR) is 95.9 cm³/mol. The van der Waals surface area contributed by atoms with E-state index in [0.29, 0.717) is 17.3 Å². The molecule has 0 radical (unpaired) electrons. The highest BCUT2D eigenvalue weighted by Gasteiger charge is 2.34. The third-order valence-electron chi connectivity index (χ3n) is 4.67. The highest BCUT2D eigenvalue weighted by molar-refractivity contribution is 7.21. The van der Waals surface area contributed by atoms with Gasteiger partial charge >= 0.3 is 5.69 Å². The lowest BCUT2D eigenvalue weighted by molar-refractivity contribution is 0.280. The number of fused-ring (bicyclic) bond motifs is 2. The van der Waals surface area contributed by atoms with E-state index in [0.717, 1.165) is 28.3 Å². The molecule has 5 rings (SSSR count). The summed E-state index contributed by atoms with van der Waals surface area (Å²) in [6, 6.07) is 4.28. The van der Waals surface area contributed by atoms with Gasteiger partial charge in [0.05, 0.1) is 0 Å². The molecule has 1 N–H and O–H groups in total. The van der Waals surface area contributed by atoms with Crippen LogP contribution in [0.15, 0.2) is 35.5 Å². The Kier molecular flexibility index (Phi) is 3.11. The summed E-state index contributed by atoms with van der Waals surface area (Å²) in [4.78, 5) is 30.9. The second-order valence-corrected chi connectivity index (χ2v) is 7.21. The minimum absolute atomic E-state index is 0.0613. The van der Waals surface area contributed by atoms with E-state index in [1.165, 1.54) is 0 Å². The van der Waals surface area contributed by atoms with Crippen LogP contribution in [-0.2, 0) is 7.05 Å². The van der Waals surface area contributed by atoms with Crippen LogP contribution in [0.1, 0.15) is 18.9 Å². The maximum Gasteiger partial charge on any atom is 0.331 e. The van der Waals surface area contributed by atoms with Crippen LogP contribution < -0.4 is 11.0 Å². The normalized spacial score (nSPS) is 20.0. The van der Waals surface area contributed by atoms with Crippen molar-refractivity contribution >= 4 is 38.1 Å². The number of rotatable bonds is 3. The molecule has 0 bridgehead atoms. The summed E-state index contributed by atoms with van der Waals surface area (Å²) in [5.74, 6) is 0. The third kappa shape index (κ3) is 2.23. The Bertz CT molecular complexity index is 1110. The first kappa shape index (κ1) is 14.5. The molecule has 0 aromatic carbocycles. The van der Waals surface area contributed by atoms with E-state index in [2.05, 4.69) is 25.3 Å². The molecular weight excluding hydrogens is 338 g/mol. The molecule has 0 saturated heterocycles. The van der Waals surface area contributed by atoms with Crippen LogP contribution in [-0.4, -0.2) is 35.1 Å². The fraction of sp³-hybridized carbons (Fsp3) is 0.312. The standard InChI is InChI=1S/C16H15N7OS/c1-22-12-13(18-6-5-17-12)23(16(22)24)10-7-9(8-10)20-15-21-11-3-2-4-19-14(11)25-15/h2-6,9-10H,7-8H2,1H3,(H,20,21). The quantitative estimate of drug-likeness (QED) is 0.605. The average molecular weight is 353 g/mol. The van der Waals surface area contributed by atoms with Crippen LogP contribution in [0.25, 0.3) is 21.6 Å². The highest BCUT2D eigenvalue weighted by Crippen LogP contribution is 2.36. The average Bonchev–Trinajstić information content (AvgIpc) is 3.11. The summed E-state index contributed by atoms with van der Waals surface area (Å²) in [6.45, 7) is 0. The topological polar surface area (TPSA) is 90.5 Å². The maximum absolute atomic E-state index is 12.5. The lowest BCUT2D eigenvalue weighted by atomic mass is 9.86. The summed E-state index contributed by atoms with van der Waals surface area (Å²) in [7, 11) is 1.73. The maximum atomic E-state index is 12.5. The van der Waals surface area contributed by atoms with Crippen molar-refractivity contribution in [3.63, 3.8) is 0 Å². The highest BCUT2D eigenvalue weighted by atomic mass is 32.1. The largest absolute Gasteiger partial charge is 0.359 e. The molecular formula is C16H15N7OS. The Labute approximate surface area is 146 Å². The predicted octanol–water partition coefficient (Wildman–Crippen LogP) is 1.95. The first-order valence-corrected chi connectivity index (χ1v) is 8.88. The molecule has 1 fully saturated rings. The van der Waals surface area contributed by atoms with Crippen molar-refractivity contribution in [1.29, 1.82) is 0 Å². The first-order valence-electron chi connectivity index (χ1n) is 8.07. The van der Waals surface area contributed by atoms with Gasteiger partial charge in [-0.3, -0.25) is 9.13 Å². The Balaban J connectivity index is 1.37. The van der Waals surface area contributed by atoms with E-state index < -0.39 is 0 Å². The second kappa shape index (κ2) is 5.35. The Morgan fingerprint density at radius 2 is 1.96 bits per heavy atom.